The summed E-state index contributed by atoms with van der Waals surface area (Å²) < 4.78 is 5.37. The van der Waals surface area contributed by atoms with E-state index in [2.05, 4.69) is 15.0 Å². The Kier molecular flexibility index (Phi) is 4.92. The van der Waals surface area contributed by atoms with Crippen LogP contribution in [-0.4, -0.2) is 15.0 Å². The van der Waals surface area contributed by atoms with Gasteiger partial charge >= 0.3 is 6.01 Å². The number of hydrogen-bond donors (Lipinski definition) is 0. The zero-order valence-corrected chi connectivity index (χ0v) is 9.71. The highest BCUT2D eigenvalue weighted by molar-refractivity contribution is 5.21. The number of nitrogens with zero attached hydrogens (tertiary/aromatic N) is 3. The molecule has 0 atom stereocenters. The maximum absolute atomic E-state index is 5.37. The molecule has 0 spiro atoms. The van der Waals surface area contributed by atoms with Crippen molar-refractivity contribution < 1.29 is 4.74 Å². The minimum absolute atomic E-state index is 0.349. The summed E-state index contributed by atoms with van der Waals surface area (Å²) in [6.07, 6.45) is 6.74. The second kappa shape index (κ2) is 6.50. The summed E-state index contributed by atoms with van der Waals surface area (Å²) in [5, 5.41) is 0. The van der Waals surface area contributed by atoms with E-state index in [0.717, 1.165) is 5.56 Å². The summed E-state index contributed by atoms with van der Waals surface area (Å²) in [4.78, 5) is 11.9. The molecular formula is C12H15N3O. The van der Waals surface area contributed by atoms with Gasteiger partial charge < -0.3 is 4.74 Å². The van der Waals surface area contributed by atoms with Gasteiger partial charge in [-0.25, -0.2) is 9.97 Å². The van der Waals surface area contributed by atoms with Crippen LogP contribution in [0.25, 0.3) is 0 Å². The number of rotatable bonds is 2. The molecule has 2 heterocycles. The average Bonchev–Trinajstić information content (AvgIpc) is 2.36. The molecule has 0 N–H and O–H groups in total. The van der Waals surface area contributed by atoms with Gasteiger partial charge in [-0.15, -0.1) is 0 Å². The Labute approximate surface area is 95.4 Å². The zero-order chi connectivity index (χ0) is 11.8. The predicted molar refractivity (Wildman–Crippen MR) is 62.4 cm³/mol. The molecule has 2 aromatic heterocycles. The Morgan fingerprint density at radius 1 is 1.00 bits per heavy atom. The van der Waals surface area contributed by atoms with Crippen LogP contribution in [0.1, 0.15) is 19.4 Å². The fraction of sp³-hybridized carbons (Fsp3) is 0.250. The minimum Gasteiger partial charge on any atom is -0.424 e. The fourth-order valence-electron chi connectivity index (χ4n) is 0.945. The summed E-state index contributed by atoms with van der Waals surface area (Å²) in [6, 6.07) is 3.86. The molecule has 0 fully saturated rings. The lowest BCUT2D eigenvalue weighted by Gasteiger charge is -2.01. The second-order valence-electron chi connectivity index (χ2n) is 2.83. The third-order valence-corrected chi connectivity index (χ3v) is 1.62. The first-order chi connectivity index (χ1) is 7.84. The van der Waals surface area contributed by atoms with Crippen molar-refractivity contribution in [1.29, 1.82) is 0 Å². The van der Waals surface area contributed by atoms with E-state index in [4.69, 9.17) is 4.74 Å². The molecule has 0 unspecified atom stereocenters. The second-order valence-corrected chi connectivity index (χ2v) is 2.83. The van der Waals surface area contributed by atoms with Crippen LogP contribution >= 0.6 is 0 Å². The van der Waals surface area contributed by atoms with Crippen molar-refractivity contribution in [2.45, 2.75) is 20.8 Å². The van der Waals surface area contributed by atoms with Gasteiger partial charge in [0.15, 0.2) is 0 Å². The van der Waals surface area contributed by atoms with Gasteiger partial charge in [-0.2, -0.15) is 0 Å². The minimum atomic E-state index is 0.349. The van der Waals surface area contributed by atoms with Crippen molar-refractivity contribution in [3.8, 4) is 11.8 Å². The van der Waals surface area contributed by atoms with E-state index in [1.807, 2.05) is 20.8 Å². The highest BCUT2D eigenvalue weighted by Crippen LogP contribution is 2.14. The molecule has 0 radical (unpaired) electrons. The highest BCUT2D eigenvalue weighted by atomic mass is 16.5. The van der Waals surface area contributed by atoms with Gasteiger partial charge in [-0.05, 0) is 24.6 Å². The van der Waals surface area contributed by atoms with Crippen LogP contribution in [0.2, 0.25) is 0 Å². The van der Waals surface area contributed by atoms with E-state index in [-0.39, 0.29) is 0 Å². The summed E-state index contributed by atoms with van der Waals surface area (Å²) >= 11 is 0. The molecule has 0 amide bonds. The van der Waals surface area contributed by atoms with Crippen molar-refractivity contribution in [2.24, 2.45) is 0 Å². The number of aryl methyl sites for hydroxylation is 1. The van der Waals surface area contributed by atoms with Crippen molar-refractivity contribution >= 4 is 0 Å². The fourth-order valence-corrected chi connectivity index (χ4v) is 0.945. The number of ether oxygens (including phenoxy) is 1. The smallest absolute Gasteiger partial charge is 0.321 e. The molecule has 0 aliphatic carbocycles. The molecule has 0 aliphatic rings. The van der Waals surface area contributed by atoms with Crippen molar-refractivity contribution in [3.63, 3.8) is 0 Å². The summed E-state index contributed by atoms with van der Waals surface area (Å²) in [6.45, 7) is 5.93. The first-order valence-electron chi connectivity index (χ1n) is 5.21. The monoisotopic (exact) mass is 217 g/mol. The highest BCUT2D eigenvalue weighted by Gasteiger charge is 1.97. The lowest BCUT2D eigenvalue weighted by Crippen LogP contribution is -1.91. The molecule has 0 aliphatic heterocycles. The van der Waals surface area contributed by atoms with Gasteiger partial charge in [0.2, 0.25) is 0 Å². The van der Waals surface area contributed by atoms with Crippen LogP contribution < -0.4 is 4.74 Å². The first-order valence-corrected chi connectivity index (χ1v) is 5.21. The van der Waals surface area contributed by atoms with Crippen molar-refractivity contribution in [1.82, 2.24) is 15.0 Å². The van der Waals surface area contributed by atoms with Gasteiger partial charge in [-0.1, -0.05) is 13.8 Å². The third-order valence-electron chi connectivity index (χ3n) is 1.62. The molecule has 4 heteroatoms. The molecule has 16 heavy (non-hydrogen) atoms. The maximum Gasteiger partial charge on any atom is 0.321 e. The van der Waals surface area contributed by atoms with Crippen molar-refractivity contribution in [2.75, 3.05) is 0 Å². The van der Waals surface area contributed by atoms with Crippen LogP contribution in [0.3, 0.4) is 0 Å². The van der Waals surface area contributed by atoms with Gasteiger partial charge in [0.05, 0.1) is 0 Å². The first kappa shape index (κ1) is 12.1. The average molecular weight is 217 g/mol. The largest absolute Gasteiger partial charge is 0.424 e. The summed E-state index contributed by atoms with van der Waals surface area (Å²) in [7, 11) is 0. The van der Waals surface area contributed by atoms with Gasteiger partial charge in [-0.3, -0.25) is 4.98 Å². The Balaban J connectivity index is 0.000000606. The molecule has 2 rings (SSSR count). The molecule has 84 valence electrons. The van der Waals surface area contributed by atoms with E-state index < -0.39 is 0 Å². The summed E-state index contributed by atoms with van der Waals surface area (Å²) in [5.74, 6) is 0.684. The number of pyridine rings is 1. The zero-order valence-electron chi connectivity index (χ0n) is 9.71. The Morgan fingerprint density at radius 3 is 2.12 bits per heavy atom. The lowest BCUT2D eigenvalue weighted by molar-refractivity contribution is 0.440. The number of aromatic nitrogens is 3. The Bertz CT molecular complexity index is 400. The third kappa shape index (κ3) is 3.65. The van der Waals surface area contributed by atoms with Crippen LogP contribution in [-0.2, 0) is 0 Å². The van der Waals surface area contributed by atoms with E-state index in [1.54, 1.807) is 36.9 Å². The number of hydrogen-bond acceptors (Lipinski definition) is 4. The quantitative estimate of drug-likeness (QED) is 0.775. The van der Waals surface area contributed by atoms with Crippen LogP contribution in [0.4, 0.5) is 0 Å². The molecular weight excluding hydrogens is 202 g/mol. The normalized spacial score (nSPS) is 8.94. The molecule has 2 aromatic rings. The van der Waals surface area contributed by atoms with Crippen LogP contribution in [0.5, 0.6) is 11.8 Å². The van der Waals surface area contributed by atoms with E-state index in [1.165, 1.54) is 0 Å². The van der Waals surface area contributed by atoms with Gasteiger partial charge in [0.25, 0.3) is 0 Å². The van der Waals surface area contributed by atoms with E-state index >= 15 is 0 Å². The molecule has 0 aromatic carbocycles. The van der Waals surface area contributed by atoms with E-state index in [0.29, 0.717) is 11.8 Å². The van der Waals surface area contributed by atoms with Gasteiger partial charge in [0, 0.05) is 24.8 Å². The maximum atomic E-state index is 5.37. The topological polar surface area (TPSA) is 47.9 Å². The molecule has 4 nitrogen and oxygen atoms in total. The Hall–Kier alpha value is -1.97. The predicted octanol–water partition coefficient (Wildman–Crippen LogP) is 3.00. The molecule has 0 saturated carbocycles. The van der Waals surface area contributed by atoms with Gasteiger partial charge in [0.1, 0.15) is 5.75 Å². The van der Waals surface area contributed by atoms with Crippen LogP contribution in [0.15, 0.2) is 36.9 Å². The molecule has 0 saturated heterocycles. The SMILES string of the molecule is CC.Cc1cnc(Oc2ccncc2)nc1. The lowest BCUT2D eigenvalue weighted by atomic mass is 10.4. The summed E-state index contributed by atoms with van der Waals surface area (Å²) in [5.41, 5.74) is 1.01. The Morgan fingerprint density at radius 2 is 1.56 bits per heavy atom. The molecule has 0 bridgehead atoms. The van der Waals surface area contributed by atoms with Crippen molar-refractivity contribution in [3.05, 3.63) is 42.5 Å². The standard InChI is InChI=1S/C10H9N3O.C2H6/c1-8-6-12-10(13-7-8)14-9-2-4-11-5-3-9;1-2/h2-7H,1H3;1-2H3. The van der Waals surface area contributed by atoms with Crippen LogP contribution in [0, 0.1) is 6.92 Å². The van der Waals surface area contributed by atoms with E-state index in [9.17, 15) is 0 Å².